The van der Waals surface area contributed by atoms with Crippen molar-refractivity contribution in [2.75, 3.05) is 12.3 Å². The lowest BCUT2D eigenvalue weighted by molar-refractivity contribution is -0.118. The quantitative estimate of drug-likeness (QED) is 0.795. The van der Waals surface area contributed by atoms with E-state index in [1.807, 2.05) is 0 Å². The van der Waals surface area contributed by atoms with Crippen LogP contribution in [0.5, 0.6) is 0 Å². The minimum absolute atomic E-state index is 0.0141. The second-order valence-corrected chi connectivity index (χ2v) is 6.55. The number of rotatable bonds is 5. The fraction of sp³-hybridized carbons (Fsp3) is 0.556. The van der Waals surface area contributed by atoms with Crippen molar-refractivity contribution < 1.29 is 13.2 Å². The van der Waals surface area contributed by atoms with Gasteiger partial charge in [-0.1, -0.05) is 0 Å². The fourth-order valence-corrected chi connectivity index (χ4v) is 3.57. The zero-order valence-electron chi connectivity index (χ0n) is 9.19. The highest BCUT2D eigenvalue weighted by Crippen LogP contribution is 2.17. The third-order valence-corrected chi connectivity index (χ3v) is 5.08. The molecule has 0 aliphatic heterocycles. The van der Waals surface area contributed by atoms with Crippen LogP contribution in [0, 0.1) is 6.92 Å². The van der Waals surface area contributed by atoms with E-state index in [-0.39, 0.29) is 16.0 Å². The molecule has 0 unspecified atom stereocenters. The van der Waals surface area contributed by atoms with E-state index in [1.165, 1.54) is 6.92 Å². The number of aromatic nitrogens is 1. The summed E-state index contributed by atoms with van der Waals surface area (Å²) >= 11 is 1.13. The van der Waals surface area contributed by atoms with Gasteiger partial charge in [-0.15, -0.1) is 11.3 Å². The first-order valence-corrected chi connectivity index (χ1v) is 7.34. The van der Waals surface area contributed by atoms with Gasteiger partial charge >= 0.3 is 0 Å². The highest BCUT2D eigenvalue weighted by molar-refractivity contribution is 7.93. The van der Waals surface area contributed by atoms with Gasteiger partial charge in [0.15, 0.2) is 0 Å². The lowest BCUT2D eigenvalue weighted by atomic mass is 10.5. The molecule has 5 nitrogen and oxygen atoms in total. The van der Waals surface area contributed by atoms with Gasteiger partial charge in [0, 0.05) is 24.5 Å². The Morgan fingerprint density at radius 3 is 2.75 bits per heavy atom. The largest absolute Gasteiger partial charge is 0.356 e. The Morgan fingerprint density at radius 1 is 1.56 bits per heavy atom. The summed E-state index contributed by atoms with van der Waals surface area (Å²) in [7, 11) is -3.28. The van der Waals surface area contributed by atoms with Crippen molar-refractivity contribution in [3.8, 4) is 0 Å². The predicted molar refractivity (Wildman–Crippen MR) is 62.2 cm³/mol. The van der Waals surface area contributed by atoms with Crippen molar-refractivity contribution in [1.82, 2.24) is 10.3 Å². The highest BCUT2D eigenvalue weighted by atomic mass is 32.2. The van der Waals surface area contributed by atoms with Crippen LogP contribution in [0.4, 0.5) is 0 Å². The number of carbonyl (C=O) groups is 1. The third kappa shape index (κ3) is 3.90. The predicted octanol–water partition coefficient (Wildman–Crippen LogP) is 0.751. The van der Waals surface area contributed by atoms with Crippen LogP contribution in [0.3, 0.4) is 0 Å². The minimum Gasteiger partial charge on any atom is -0.356 e. The van der Waals surface area contributed by atoms with Gasteiger partial charge < -0.3 is 5.32 Å². The number of thiazole rings is 1. The molecule has 1 N–H and O–H groups in total. The Hall–Kier alpha value is -0.950. The number of carbonyl (C=O) groups excluding carboxylic acids is 1. The van der Waals surface area contributed by atoms with E-state index in [1.54, 1.807) is 12.3 Å². The molecule has 1 aromatic rings. The van der Waals surface area contributed by atoms with Gasteiger partial charge in [0.1, 0.15) is 0 Å². The van der Waals surface area contributed by atoms with E-state index in [0.29, 0.717) is 18.7 Å². The van der Waals surface area contributed by atoms with Gasteiger partial charge in [-0.05, 0) is 13.3 Å². The Labute approximate surface area is 98.8 Å². The second kappa shape index (κ2) is 5.40. The van der Waals surface area contributed by atoms with Gasteiger partial charge in [0.2, 0.25) is 20.1 Å². The standard InChI is InChI=1S/C9H14N2O3S2/c1-7-6-15-9(11-7)16(13,14)5-3-4-10-8(2)12/h6H,3-5H2,1-2H3,(H,10,12). The van der Waals surface area contributed by atoms with Crippen LogP contribution in [0.15, 0.2) is 9.72 Å². The normalized spacial score (nSPS) is 11.4. The maximum absolute atomic E-state index is 11.7. The number of aryl methyl sites for hydroxylation is 1. The molecule has 1 heterocycles. The van der Waals surface area contributed by atoms with Crippen LogP contribution >= 0.6 is 11.3 Å². The SMILES string of the molecule is CC(=O)NCCCS(=O)(=O)c1nc(C)cs1. The molecule has 0 fully saturated rings. The van der Waals surface area contributed by atoms with Gasteiger partial charge in [-0.25, -0.2) is 13.4 Å². The molecule has 0 saturated heterocycles. The number of nitrogens with zero attached hydrogens (tertiary/aromatic N) is 1. The lowest BCUT2D eigenvalue weighted by Crippen LogP contribution is -2.23. The molecule has 1 rings (SSSR count). The first-order chi connectivity index (χ1) is 7.42. The number of sulfone groups is 1. The zero-order valence-corrected chi connectivity index (χ0v) is 10.8. The molecule has 0 aliphatic rings. The van der Waals surface area contributed by atoms with E-state index in [9.17, 15) is 13.2 Å². The average Bonchev–Trinajstić information content (AvgIpc) is 2.60. The highest BCUT2D eigenvalue weighted by Gasteiger charge is 2.17. The van der Waals surface area contributed by atoms with Crippen LogP contribution in [0.25, 0.3) is 0 Å². The summed E-state index contributed by atoms with van der Waals surface area (Å²) in [4.78, 5) is 14.5. The summed E-state index contributed by atoms with van der Waals surface area (Å²) in [5.41, 5.74) is 0.713. The molecule has 0 bridgehead atoms. The van der Waals surface area contributed by atoms with Gasteiger partial charge in [0.25, 0.3) is 0 Å². The number of nitrogens with one attached hydrogen (secondary N) is 1. The van der Waals surface area contributed by atoms with Crippen molar-refractivity contribution in [3.05, 3.63) is 11.1 Å². The van der Waals surface area contributed by atoms with Crippen molar-refractivity contribution in [1.29, 1.82) is 0 Å². The van der Waals surface area contributed by atoms with E-state index in [4.69, 9.17) is 0 Å². The molecule has 1 aromatic heterocycles. The molecule has 0 aliphatic carbocycles. The molecule has 90 valence electrons. The smallest absolute Gasteiger partial charge is 0.216 e. The van der Waals surface area contributed by atoms with Crippen LogP contribution in [-0.4, -0.2) is 31.6 Å². The molecule has 0 saturated carbocycles. The maximum atomic E-state index is 11.7. The summed E-state index contributed by atoms with van der Waals surface area (Å²) in [5, 5.41) is 4.26. The van der Waals surface area contributed by atoms with E-state index in [2.05, 4.69) is 10.3 Å². The van der Waals surface area contributed by atoms with Crippen LogP contribution < -0.4 is 5.32 Å². The first-order valence-electron chi connectivity index (χ1n) is 4.81. The molecule has 16 heavy (non-hydrogen) atoms. The molecule has 7 heteroatoms. The lowest BCUT2D eigenvalue weighted by Gasteiger charge is -2.01. The van der Waals surface area contributed by atoms with Gasteiger partial charge in [0.05, 0.1) is 5.75 Å². The minimum atomic E-state index is -3.28. The fourth-order valence-electron chi connectivity index (χ4n) is 1.09. The summed E-state index contributed by atoms with van der Waals surface area (Å²) in [6.07, 6.45) is 0.403. The Bertz CT molecular complexity index is 465. The number of amides is 1. The Morgan fingerprint density at radius 2 is 2.25 bits per heavy atom. The molecule has 1 amide bonds. The Balaban J connectivity index is 2.50. The summed E-state index contributed by atoms with van der Waals surface area (Å²) < 4.78 is 23.6. The summed E-state index contributed by atoms with van der Waals surface area (Å²) in [5.74, 6) is -0.136. The summed E-state index contributed by atoms with van der Waals surface area (Å²) in [6, 6.07) is 0. The van der Waals surface area contributed by atoms with Crippen LogP contribution in [0.2, 0.25) is 0 Å². The molecular weight excluding hydrogens is 248 g/mol. The second-order valence-electron chi connectivity index (χ2n) is 3.41. The maximum Gasteiger partial charge on any atom is 0.216 e. The molecule has 0 aromatic carbocycles. The molecule has 0 radical (unpaired) electrons. The van der Waals surface area contributed by atoms with Crippen molar-refractivity contribution in [3.63, 3.8) is 0 Å². The van der Waals surface area contributed by atoms with Crippen molar-refractivity contribution in [2.24, 2.45) is 0 Å². The average molecular weight is 262 g/mol. The van der Waals surface area contributed by atoms with E-state index in [0.717, 1.165) is 11.3 Å². The molecule has 0 spiro atoms. The number of hydrogen-bond acceptors (Lipinski definition) is 5. The van der Waals surface area contributed by atoms with E-state index >= 15 is 0 Å². The topological polar surface area (TPSA) is 76.1 Å². The Kier molecular flexibility index (Phi) is 4.43. The third-order valence-electron chi connectivity index (χ3n) is 1.83. The molecule has 0 atom stereocenters. The number of hydrogen-bond donors (Lipinski definition) is 1. The molecular formula is C9H14N2O3S2. The van der Waals surface area contributed by atoms with Crippen molar-refractivity contribution >= 4 is 27.1 Å². The van der Waals surface area contributed by atoms with Crippen LogP contribution in [-0.2, 0) is 14.6 Å². The van der Waals surface area contributed by atoms with Crippen LogP contribution in [0.1, 0.15) is 19.0 Å². The van der Waals surface area contributed by atoms with Gasteiger partial charge in [-0.2, -0.15) is 0 Å². The monoisotopic (exact) mass is 262 g/mol. The van der Waals surface area contributed by atoms with Crippen molar-refractivity contribution in [2.45, 2.75) is 24.6 Å². The summed E-state index contributed by atoms with van der Waals surface area (Å²) in [6.45, 7) is 3.53. The van der Waals surface area contributed by atoms with E-state index < -0.39 is 9.84 Å². The van der Waals surface area contributed by atoms with Gasteiger partial charge in [-0.3, -0.25) is 4.79 Å². The zero-order chi connectivity index (χ0) is 12.2. The first kappa shape index (κ1) is 13.1.